The molecule has 0 saturated heterocycles. The number of allylic oxidation sites excluding steroid dienone is 5. The highest BCUT2D eigenvalue weighted by Crippen LogP contribution is 2.38. The fourth-order valence-corrected chi connectivity index (χ4v) is 2.96. The monoisotopic (exact) mass is 264 g/mol. The first-order chi connectivity index (χ1) is 9.74. The minimum Gasteiger partial charge on any atom is -0.478 e. The first-order valence-electron chi connectivity index (χ1n) is 6.54. The maximum absolute atomic E-state index is 11.2. The number of nitrogens with one attached hydrogen (secondary N) is 1. The number of aromatic carboxylic acids is 1. The van der Waals surface area contributed by atoms with E-state index in [9.17, 15) is 9.90 Å². The molecule has 98 valence electrons. The Labute approximate surface area is 115 Å². The molecule has 2 aliphatic carbocycles. The molecule has 0 amide bonds. The lowest BCUT2D eigenvalue weighted by Crippen LogP contribution is -2.01. The molecule has 0 radical (unpaired) electrons. The molecule has 0 spiro atoms. The van der Waals surface area contributed by atoms with E-state index < -0.39 is 5.97 Å². The Morgan fingerprint density at radius 1 is 1.35 bits per heavy atom. The number of carboxylic acids is 1. The number of aromatic amines is 1. The summed E-state index contributed by atoms with van der Waals surface area (Å²) in [6.45, 7) is 0. The number of nitrogens with zero attached hydrogens (tertiary/aromatic N) is 1. The summed E-state index contributed by atoms with van der Waals surface area (Å²) in [6, 6.07) is 3.33. The average molecular weight is 264 g/mol. The Morgan fingerprint density at radius 2 is 2.25 bits per heavy atom. The zero-order valence-corrected chi connectivity index (χ0v) is 10.6. The van der Waals surface area contributed by atoms with Crippen LogP contribution in [-0.2, 0) is 0 Å². The largest absolute Gasteiger partial charge is 0.478 e. The molecule has 1 aromatic heterocycles. The second-order valence-corrected chi connectivity index (χ2v) is 5.08. The quantitative estimate of drug-likeness (QED) is 0.777. The van der Waals surface area contributed by atoms with Gasteiger partial charge < -0.3 is 5.11 Å². The predicted octanol–water partition coefficient (Wildman–Crippen LogP) is 3.26. The molecule has 2 aromatic rings. The SMILES string of the molecule is O=C(O)c1cc2c3c([nH]nc3c1)C1C=CCC=C1C=C2. The predicted molar refractivity (Wildman–Crippen MR) is 76.7 cm³/mol. The molecule has 1 heterocycles. The summed E-state index contributed by atoms with van der Waals surface area (Å²) in [4.78, 5) is 11.2. The molecule has 0 saturated carbocycles. The number of hydrogen-bond acceptors (Lipinski definition) is 2. The van der Waals surface area contributed by atoms with Gasteiger partial charge in [0.05, 0.1) is 16.8 Å². The third-order valence-electron chi connectivity index (χ3n) is 3.90. The molecule has 1 atom stereocenters. The minimum absolute atomic E-state index is 0.182. The molecular formula is C16H12N2O2. The maximum Gasteiger partial charge on any atom is 0.335 e. The van der Waals surface area contributed by atoms with Crippen molar-refractivity contribution >= 4 is 22.9 Å². The molecule has 4 heteroatoms. The summed E-state index contributed by atoms with van der Waals surface area (Å²) in [5.74, 6) is -0.746. The third-order valence-corrected chi connectivity index (χ3v) is 3.90. The van der Waals surface area contributed by atoms with Crippen LogP contribution in [0.4, 0.5) is 0 Å². The lowest BCUT2D eigenvalue weighted by Gasteiger charge is -2.15. The van der Waals surface area contributed by atoms with E-state index in [4.69, 9.17) is 0 Å². The van der Waals surface area contributed by atoms with Crippen LogP contribution in [0, 0.1) is 0 Å². The normalized spacial score (nSPS) is 19.6. The van der Waals surface area contributed by atoms with Gasteiger partial charge in [0.25, 0.3) is 0 Å². The summed E-state index contributed by atoms with van der Waals surface area (Å²) in [5.41, 5.74) is 4.15. The molecule has 2 aliphatic rings. The Hall–Kier alpha value is -2.62. The van der Waals surface area contributed by atoms with Gasteiger partial charge in [0, 0.05) is 11.3 Å². The fraction of sp³-hybridized carbons (Fsp3) is 0.125. The molecule has 4 nitrogen and oxygen atoms in total. The molecule has 20 heavy (non-hydrogen) atoms. The van der Waals surface area contributed by atoms with Crippen molar-refractivity contribution in [3.63, 3.8) is 0 Å². The molecule has 1 aromatic carbocycles. The van der Waals surface area contributed by atoms with Gasteiger partial charge in [-0.05, 0) is 29.7 Å². The van der Waals surface area contributed by atoms with Crippen LogP contribution in [0.25, 0.3) is 17.0 Å². The number of hydrogen-bond donors (Lipinski definition) is 2. The van der Waals surface area contributed by atoms with E-state index in [1.807, 2.05) is 6.08 Å². The van der Waals surface area contributed by atoms with E-state index in [0.29, 0.717) is 5.52 Å². The highest BCUT2D eigenvalue weighted by Gasteiger charge is 2.23. The Kier molecular flexibility index (Phi) is 2.21. The second kappa shape index (κ2) is 3.93. The lowest BCUT2D eigenvalue weighted by molar-refractivity contribution is 0.0697. The number of H-pyrrole nitrogens is 1. The van der Waals surface area contributed by atoms with Crippen LogP contribution in [0.1, 0.15) is 34.0 Å². The van der Waals surface area contributed by atoms with Crippen molar-refractivity contribution < 1.29 is 9.90 Å². The summed E-state index contributed by atoms with van der Waals surface area (Å²) in [6.07, 6.45) is 11.5. The van der Waals surface area contributed by atoms with Gasteiger partial charge in [-0.15, -0.1) is 0 Å². The molecule has 2 N–H and O–H groups in total. The number of carbonyl (C=O) groups is 1. The topological polar surface area (TPSA) is 66.0 Å². The van der Waals surface area contributed by atoms with Crippen LogP contribution in [0.2, 0.25) is 0 Å². The van der Waals surface area contributed by atoms with Crippen molar-refractivity contribution in [2.75, 3.05) is 0 Å². The van der Waals surface area contributed by atoms with Gasteiger partial charge in [-0.2, -0.15) is 5.10 Å². The fourth-order valence-electron chi connectivity index (χ4n) is 2.96. The van der Waals surface area contributed by atoms with E-state index >= 15 is 0 Å². The number of carboxylic acid groups (broad SMARTS) is 1. The molecule has 0 fully saturated rings. The van der Waals surface area contributed by atoms with Crippen LogP contribution in [0.15, 0.2) is 42.0 Å². The zero-order valence-electron chi connectivity index (χ0n) is 10.6. The Bertz CT molecular complexity index is 824. The Balaban J connectivity index is 2.06. The van der Waals surface area contributed by atoms with Crippen molar-refractivity contribution in [3.8, 4) is 0 Å². The molecule has 1 unspecified atom stereocenters. The van der Waals surface area contributed by atoms with Crippen LogP contribution < -0.4 is 0 Å². The highest BCUT2D eigenvalue weighted by molar-refractivity contribution is 5.99. The third kappa shape index (κ3) is 1.48. The van der Waals surface area contributed by atoms with Crippen LogP contribution in [0.5, 0.6) is 0 Å². The summed E-state index contributed by atoms with van der Waals surface area (Å²) >= 11 is 0. The number of fused-ring (bicyclic) bond motifs is 2. The van der Waals surface area contributed by atoms with Crippen molar-refractivity contribution in [1.29, 1.82) is 0 Å². The van der Waals surface area contributed by atoms with Gasteiger partial charge in [-0.25, -0.2) is 4.79 Å². The van der Waals surface area contributed by atoms with Crippen LogP contribution >= 0.6 is 0 Å². The maximum atomic E-state index is 11.2. The molecule has 4 rings (SSSR count). The number of aromatic nitrogens is 2. The van der Waals surface area contributed by atoms with E-state index in [0.717, 1.165) is 23.1 Å². The average Bonchev–Trinajstić information content (AvgIpc) is 2.81. The van der Waals surface area contributed by atoms with Crippen molar-refractivity contribution in [2.24, 2.45) is 0 Å². The number of benzene rings is 1. The highest BCUT2D eigenvalue weighted by atomic mass is 16.4. The molecular weight excluding hydrogens is 252 g/mol. The first kappa shape index (κ1) is 11.2. The summed E-state index contributed by atoms with van der Waals surface area (Å²) in [7, 11) is 0. The van der Waals surface area contributed by atoms with E-state index in [-0.39, 0.29) is 11.5 Å². The standard InChI is InChI=1S/C16H12N2O2/c19-16(20)11-7-10-6-5-9-3-1-2-4-12(9)15-14(10)13(8-11)17-18-15/h2-8,12H,1H2,(H,17,18)(H,19,20). The van der Waals surface area contributed by atoms with E-state index in [1.165, 1.54) is 5.57 Å². The summed E-state index contributed by atoms with van der Waals surface area (Å²) < 4.78 is 0. The van der Waals surface area contributed by atoms with Gasteiger partial charge >= 0.3 is 5.97 Å². The van der Waals surface area contributed by atoms with Gasteiger partial charge in [0.1, 0.15) is 0 Å². The van der Waals surface area contributed by atoms with Crippen molar-refractivity contribution in [1.82, 2.24) is 10.2 Å². The molecule has 0 bridgehead atoms. The lowest BCUT2D eigenvalue weighted by atomic mass is 9.90. The van der Waals surface area contributed by atoms with E-state index in [1.54, 1.807) is 12.1 Å². The van der Waals surface area contributed by atoms with Crippen molar-refractivity contribution in [2.45, 2.75) is 12.3 Å². The second-order valence-electron chi connectivity index (χ2n) is 5.08. The van der Waals surface area contributed by atoms with Crippen LogP contribution in [0.3, 0.4) is 0 Å². The van der Waals surface area contributed by atoms with Gasteiger partial charge in [0.15, 0.2) is 0 Å². The molecule has 0 aliphatic heterocycles. The van der Waals surface area contributed by atoms with Gasteiger partial charge in [0.2, 0.25) is 0 Å². The van der Waals surface area contributed by atoms with E-state index in [2.05, 4.69) is 34.5 Å². The number of rotatable bonds is 1. The van der Waals surface area contributed by atoms with Gasteiger partial charge in [-0.3, -0.25) is 5.10 Å². The van der Waals surface area contributed by atoms with Crippen molar-refractivity contribution in [3.05, 3.63) is 58.8 Å². The minimum atomic E-state index is -0.929. The first-order valence-corrected chi connectivity index (χ1v) is 6.54. The Morgan fingerprint density at radius 3 is 3.10 bits per heavy atom. The van der Waals surface area contributed by atoms with Gasteiger partial charge in [-0.1, -0.05) is 30.4 Å². The smallest absolute Gasteiger partial charge is 0.335 e. The summed E-state index contributed by atoms with van der Waals surface area (Å²) in [5, 5.41) is 17.6. The zero-order chi connectivity index (χ0) is 13.7. The van der Waals surface area contributed by atoms with Crippen LogP contribution in [-0.4, -0.2) is 21.3 Å².